The number of carbonyl (C=O) groups is 1. The molecule has 1 aliphatic rings. The lowest BCUT2D eigenvalue weighted by Gasteiger charge is -2.29. The molecule has 0 bridgehead atoms. The number of hydrogen-bond donors (Lipinski definition) is 0. The van der Waals surface area contributed by atoms with E-state index in [2.05, 4.69) is 15.9 Å². The third-order valence-electron chi connectivity index (χ3n) is 3.51. The maximum Gasteiger partial charge on any atom is 0.227 e. The van der Waals surface area contributed by atoms with E-state index in [0.29, 0.717) is 28.6 Å². The fourth-order valence-electron chi connectivity index (χ4n) is 2.57. The van der Waals surface area contributed by atoms with Crippen molar-refractivity contribution in [3.05, 3.63) is 63.6 Å². The summed E-state index contributed by atoms with van der Waals surface area (Å²) in [5.74, 6) is -0.828. The molecule has 2 aromatic carbocycles. The number of hydrogen-bond acceptors (Lipinski definition) is 1. The molecule has 2 nitrogen and oxygen atoms in total. The summed E-state index contributed by atoms with van der Waals surface area (Å²) in [4.78, 5) is 13.7. The van der Waals surface area contributed by atoms with Gasteiger partial charge in [0.15, 0.2) is 0 Å². The highest BCUT2D eigenvalue weighted by Crippen LogP contribution is 2.30. The Labute approximate surface area is 129 Å². The molecule has 0 saturated heterocycles. The molecule has 0 spiro atoms. The molecular formula is C16H12BrF2NO. The van der Waals surface area contributed by atoms with E-state index < -0.39 is 0 Å². The average molecular weight is 352 g/mol. The number of nitrogens with zero attached hydrogens (tertiary/aromatic N) is 1. The van der Waals surface area contributed by atoms with Gasteiger partial charge in [0, 0.05) is 10.9 Å². The second-order valence-corrected chi connectivity index (χ2v) is 5.95. The lowest BCUT2D eigenvalue weighted by Crippen LogP contribution is -2.34. The van der Waals surface area contributed by atoms with Gasteiger partial charge in [0.1, 0.15) is 11.6 Å². The summed E-state index contributed by atoms with van der Waals surface area (Å²) >= 11 is 3.23. The van der Waals surface area contributed by atoms with E-state index in [4.69, 9.17) is 0 Å². The molecule has 3 rings (SSSR count). The van der Waals surface area contributed by atoms with Gasteiger partial charge in [0.05, 0.1) is 12.2 Å². The van der Waals surface area contributed by atoms with Gasteiger partial charge in [-0.25, -0.2) is 8.78 Å². The molecule has 1 heterocycles. The summed E-state index contributed by atoms with van der Waals surface area (Å²) < 4.78 is 27.5. The first-order valence-electron chi connectivity index (χ1n) is 6.57. The van der Waals surface area contributed by atoms with Crippen molar-refractivity contribution < 1.29 is 13.6 Å². The molecule has 0 aliphatic carbocycles. The Balaban J connectivity index is 1.98. The van der Waals surface area contributed by atoms with E-state index >= 15 is 0 Å². The van der Waals surface area contributed by atoms with Crippen molar-refractivity contribution in [3.8, 4) is 0 Å². The van der Waals surface area contributed by atoms with Crippen LogP contribution in [0.4, 0.5) is 14.5 Å². The fraction of sp³-hybridized carbons (Fsp3) is 0.188. The highest BCUT2D eigenvalue weighted by atomic mass is 79.9. The third kappa shape index (κ3) is 2.97. The van der Waals surface area contributed by atoms with Crippen LogP contribution in [0.5, 0.6) is 0 Å². The van der Waals surface area contributed by atoms with Crippen LogP contribution in [0.1, 0.15) is 17.5 Å². The molecular weight excluding hydrogens is 340 g/mol. The lowest BCUT2D eigenvalue weighted by molar-refractivity contribution is -0.119. The van der Waals surface area contributed by atoms with Crippen LogP contribution in [-0.4, -0.2) is 5.91 Å². The molecule has 0 fully saturated rings. The van der Waals surface area contributed by atoms with Crippen LogP contribution in [0.15, 0.2) is 40.9 Å². The summed E-state index contributed by atoms with van der Waals surface area (Å²) in [7, 11) is 0. The third-order valence-corrected chi connectivity index (χ3v) is 3.97. The number of benzene rings is 2. The maximum atomic E-state index is 13.5. The van der Waals surface area contributed by atoms with Crippen molar-refractivity contribution >= 4 is 27.5 Å². The van der Waals surface area contributed by atoms with Crippen molar-refractivity contribution in [1.82, 2.24) is 0 Å². The zero-order chi connectivity index (χ0) is 15.0. The van der Waals surface area contributed by atoms with Gasteiger partial charge in [-0.05, 0) is 47.9 Å². The standard InChI is InChI=1S/C16H12BrF2NO/c17-12-5-10(6-14(19)7-12)9-20-15-8-13(18)3-1-11(15)2-4-16(20)21/h1,3,5-8H,2,4,9H2. The zero-order valence-corrected chi connectivity index (χ0v) is 12.7. The SMILES string of the molecule is O=C1CCc2ccc(F)cc2N1Cc1cc(F)cc(Br)c1. The largest absolute Gasteiger partial charge is 0.308 e. The topological polar surface area (TPSA) is 20.3 Å². The molecule has 1 amide bonds. The molecule has 21 heavy (non-hydrogen) atoms. The van der Waals surface area contributed by atoms with Gasteiger partial charge < -0.3 is 4.90 Å². The Bertz CT molecular complexity index is 697. The van der Waals surface area contributed by atoms with Gasteiger partial charge >= 0.3 is 0 Å². The number of carbonyl (C=O) groups excluding carboxylic acids is 1. The fourth-order valence-corrected chi connectivity index (χ4v) is 3.08. The first-order valence-corrected chi connectivity index (χ1v) is 7.36. The van der Waals surface area contributed by atoms with Gasteiger partial charge in [-0.1, -0.05) is 22.0 Å². The quantitative estimate of drug-likeness (QED) is 0.793. The second-order valence-electron chi connectivity index (χ2n) is 5.03. The van der Waals surface area contributed by atoms with Gasteiger partial charge in [0.2, 0.25) is 5.91 Å². The smallest absolute Gasteiger partial charge is 0.227 e. The lowest BCUT2D eigenvalue weighted by atomic mass is 10.0. The van der Waals surface area contributed by atoms with E-state index in [1.807, 2.05) is 0 Å². The molecule has 0 radical (unpaired) electrons. The second kappa shape index (κ2) is 5.56. The zero-order valence-electron chi connectivity index (χ0n) is 11.1. The summed E-state index contributed by atoms with van der Waals surface area (Å²) in [5, 5.41) is 0. The van der Waals surface area contributed by atoms with Crippen molar-refractivity contribution in [2.45, 2.75) is 19.4 Å². The number of aryl methyl sites for hydroxylation is 1. The van der Waals surface area contributed by atoms with Crippen molar-refractivity contribution in [2.24, 2.45) is 0 Å². The number of rotatable bonds is 2. The molecule has 0 saturated carbocycles. The van der Waals surface area contributed by atoms with Crippen LogP contribution >= 0.6 is 15.9 Å². The van der Waals surface area contributed by atoms with E-state index in [0.717, 1.165) is 5.56 Å². The summed E-state index contributed by atoms with van der Waals surface area (Å²) in [6.45, 7) is 0.228. The Morgan fingerprint density at radius 3 is 2.62 bits per heavy atom. The van der Waals surface area contributed by atoms with Crippen LogP contribution in [0.25, 0.3) is 0 Å². The van der Waals surface area contributed by atoms with E-state index in [1.165, 1.54) is 29.2 Å². The van der Waals surface area contributed by atoms with Gasteiger partial charge in [-0.2, -0.15) is 0 Å². The molecule has 2 aromatic rings. The minimum absolute atomic E-state index is 0.0755. The molecule has 0 N–H and O–H groups in total. The Kier molecular flexibility index (Phi) is 3.76. The van der Waals surface area contributed by atoms with Crippen LogP contribution in [0.3, 0.4) is 0 Å². The van der Waals surface area contributed by atoms with Crippen molar-refractivity contribution in [1.29, 1.82) is 0 Å². The predicted octanol–water partition coefficient (Wildman–Crippen LogP) is 4.21. The van der Waals surface area contributed by atoms with Gasteiger partial charge in [-0.15, -0.1) is 0 Å². The van der Waals surface area contributed by atoms with Crippen molar-refractivity contribution in [3.63, 3.8) is 0 Å². The number of halogens is 3. The Morgan fingerprint density at radius 2 is 1.86 bits per heavy atom. The van der Waals surface area contributed by atoms with E-state index in [-0.39, 0.29) is 24.1 Å². The number of anilines is 1. The Hall–Kier alpha value is -1.75. The first kappa shape index (κ1) is 14.2. The summed E-state index contributed by atoms with van der Waals surface area (Å²) in [5.41, 5.74) is 2.17. The molecule has 108 valence electrons. The molecule has 0 atom stereocenters. The van der Waals surface area contributed by atoms with Crippen LogP contribution in [0.2, 0.25) is 0 Å². The number of fused-ring (bicyclic) bond motifs is 1. The van der Waals surface area contributed by atoms with Gasteiger partial charge in [-0.3, -0.25) is 4.79 Å². The molecule has 0 aromatic heterocycles. The summed E-state index contributed by atoms with van der Waals surface area (Å²) in [6, 6.07) is 8.95. The highest BCUT2D eigenvalue weighted by Gasteiger charge is 2.24. The maximum absolute atomic E-state index is 13.5. The average Bonchev–Trinajstić information content (AvgIpc) is 2.41. The molecule has 0 unspecified atom stereocenters. The molecule has 5 heteroatoms. The minimum atomic E-state index is -0.381. The van der Waals surface area contributed by atoms with Crippen LogP contribution in [-0.2, 0) is 17.8 Å². The van der Waals surface area contributed by atoms with Gasteiger partial charge in [0.25, 0.3) is 0 Å². The number of amides is 1. The monoisotopic (exact) mass is 351 g/mol. The van der Waals surface area contributed by atoms with E-state index in [1.54, 1.807) is 12.1 Å². The van der Waals surface area contributed by atoms with Crippen LogP contribution < -0.4 is 4.90 Å². The molecule has 1 aliphatic heterocycles. The normalized spacial score (nSPS) is 14.2. The van der Waals surface area contributed by atoms with E-state index in [9.17, 15) is 13.6 Å². The minimum Gasteiger partial charge on any atom is -0.308 e. The van der Waals surface area contributed by atoms with Crippen LogP contribution in [0, 0.1) is 11.6 Å². The predicted molar refractivity (Wildman–Crippen MR) is 80.0 cm³/mol. The van der Waals surface area contributed by atoms with Crippen molar-refractivity contribution in [2.75, 3.05) is 4.90 Å². The first-order chi connectivity index (χ1) is 10.0. The Morgan fingerprint density at radius 1 is 1.05 bits per heavy atom. The highest BCUT2D eigenvalue weighted by molar-refractivity contribution is 9.10. The summed E-state index contributed by atoms with van der Waals surface area (Å²) in [6.07, 6.45) is 0.993.